The molecule has 30 heavy (non-hydrogen) atoms. The summed E-state index contributed by atoms with van der Waals surface area (Å²) < 4.78 is 32.5. The quantitative estimate of drug-likeness (QED) is 0.699. The van der Waals surface area contributed by atoms with Gasteiger partial charge in [-0.05, 0) is 42.8 Å². The highest BCUT2D eigenvalue weighted by molar-refractivity contribution is 7.89. The topological polar surface area (TPSA) is 79.0 Å². The van der Waals surface area contributed by atoms with E-state index in [0.717, 1.165) is 5.56 Å². The Morgan fingerprint density at radius 2 is 1.80 bits per heavy atom. The first-order valence-corrected chi connectivity index (χ1v) is 11.5. The van der Waals surface area contributed by atoms with Gasteiger partial charge in [0, 0.05) is 31.2 Å². The lowest BCUT2D eigenvalue weighted by molar-refractivity contribution is -0.117. The molecule has 7 nitrogen and oxygen atoms in total. The molecule has 2 aromatic carbocycles. The number of benzene rings is 2. The molecule has 1 fully saturated rings. The molecule has 0 radical (unpaired) electrons. The van der Waals surface area contributed by atoms with Crippen LogP contribution in [-0.2, 0) is 14.8 Å². The van der Waals surface area contributed by atoms with Crippen molar-refractivity contribution >= 4 is 44.8 Å². The third-order valence-electron chi connectivity index (χ3n) is 4.84. The van der Waals surface area contributed by atoms with Gasteiger partial charge in [-0.3, -0.25) is 9.69 Å². The molecule has 1 heterocycles. The molecule has 0 saturated carbocycles. The molecule has 10 heteroatoms. The number of piperazine rings is 1. The molecule has 0 bridgehead atoms. The molecular formula is C20H23Cl2N3O4S. The Bertz CT molecular complexity index is 1040. The number of halogens is 2. The van der Waals surface area contributed by atoms with Gasteiger partial charge in [0.15, 0.2) is 0 Å². The number of aryl methyl sites for hydroxylation is 1. The maximum Gasteiger partial charge on any atom is 0.244 e. The summed E-state index contributed by atoms with van der Waals surface area (Å²) in [5, 5.41) is 3.30. The highest BCUT2D eigenvalue weighted by atomic mass is 35.5. The summed E-state index contributed by atoms with van der Waals surface area (Å²) in [6.07, 6.45) is 0. The summed E-state index contributed by atoms with van der Waals surface area (Å²) >= 11 is 12.0. The second-order valence-corrected chi connectivity index (χ2v) is 9.76. The average molecular weight is 472 g/mol. The van der Waals surface area contributed by atoms with Gasteiger partial charge in [0.05, 0.1) is 24.4 Å². The van der Waals surface area contributed by atoms with Gasteiger partial charge in [-0.25, -0.2) is 8.42 Å². The first-order valence-electron chi connectivity index (χ1n) is 9.33. The number of nitrogens with zero attached hydrogens (tertiary/aromatic N) is 2. The second-order valence-electron chi connectivity index (χ2n) is 7.01. The van der Waals surface area contributed by atoms with Crippen LogP contribution in [0, 0.1) is 6.92 Å². The van der Waals surface area contributed by atoms with E-state index in [-0.39, 0.29) is 35.5 Å². The van der Waals surface area contributed by atoms with Crippen LogP contribution in [0.2, 0.25) is 10.0 Å². The second kappa shape index (κ2) is 9.53. The fourth-order valence-corrected chi connectivity index (χ4v) is 5.41. The molecule has 0 aliphatic carbocycles. The number of methoxy groups -OCH3 is 1. The number of hydrogen-bond donors (Lipinski definition) is 1. The zero-order valence-electron chi connectivity index (χ0n) is 16.7. The molecule has 3 rings (SSSR count). The molecule has 1 aliphatic rings. The maximum atomic E-state index is 12.9. The lowest BCUT2D eigenvalue weighted by atomic mass is 10.2. The molecule has 1 amide bonds. The SMILES string of the molecule is COc1ccc(C)cc1NC(=O)CN1CCN(S(=O)(=O)c2cc(Cl)ccc2Cl)CC1. The van der Waals surface area contributed by atoms with Crippen molar-refractivity contribution in [3.8, 4) is 5.75 Å². The normalized spacial score (nSPS) is 15.7. The van der Waals surface area contributed by atoms with Gasteiger partial charge in [-0.15, -0.1) is 0 Å². The van der Waals surface area contributed by atoms with Crippen molar-refractivity contribution in [2.75, 3.05) is 45.2 Å². The summed E-state index contributed by atoms with van der Waals surface area (Å²) in [6.45, 7) is 3.45. The first kappa shape index (κ1) is 22.8. The van der Waals surface area contributed by atoms with E-state index in [1.807, 2.05) is 24.0 Å². The van der Waals surface area contributed by atoms with Gasteiger partial charge >= 0.3 is 0 Å². The number of amides is 1. The van der Waals surface area contributed by atoms with Crippen molar-refractivity contribution in [1.82, 2.24) is 9.21 Å². The Hall–Kier alpha value is -1.84. The van der Waals surface area contributed by atoms with Gasteiger partial charge in [0.2, 0.25) is 15.9 Å². The van der Waals surface area contributed by atoms with Crippen LogP contribution in [0.25, 0.3) is 0 Å². The zero-order valence-corrected chi connectivity index (χ0v) is 19.0. The van der Waals surface area contributed by atoms with Crippen molar-refractivity contribution < 1.29 is 17.9 Å². The van der Waals surface area contributed by atoms with Crippen LogP contribution in [0.15, 0.2) is 41.3 Å². The van der Waals surface area contributed by atoms with Crippen molar-refractivity contribution in [2.24, 2.45) is 0 Å². The highest BCUT2D eigenvalue weighted by Gasteiger charge is 2.30. The van der Waals surface area contributed by atoms with E-state index in [4.69, 9.17) is 27.9 Å². The van der Waals surface area contributed by atoms with Crippen molar-refractivity contribution in [1.29, 1.82) is 0 Å². The van der Waals surface area contributed by atoms with Gasteiger partial charge in [-0.1, -0.05) is 29.3 Å². The van der Waals surface area contributed by atoms with Crippen LogP contribution in [0.1, 0.15) is 5.56 Å². The van der Waals surface area contributed by atoms with E-state index in [9.17, 15) is 13.2 Å². The molecule has 1 saturated heterocycles. The summed E-state index contributed by atoms with van der Waals surface area (Å²) in [5.74, 6) is 0.399. The number of sulfonamides is 1. The number of anilines is 1. The highest BCUT2D eigenvalue weighted by Crippen LogP contribution is 2.28. The number of carbonyl (C=O) groups is 1. The minimum Gasteiger partial charge on any atom is -0.495 e. The molecule has 2 aromatic rings. The number of rotatable bonds is 6. The molecular weight excluding hydrogens is 449 g/mol. The third-order valence-corrected chi connectivity index (χ3v) is 7.45. The summed E-state index contributed by atoms with van der Waals surface area (Å²) in [4.78, 5) is 14.4. The maximum absolute atomic E-state index is 12.9. The first-order chi connectivity index (χ1) is 14.2. The van der Waals surface area contributed by atoms with Crippen LogP contribution in [0.5, 0.6) is 5.75 Å². The Kier molecular flexibility index (Phi) is 7.26. The van der Waals surface area contributed by atoms with E-state index in [1.54, 1.807) is 19.2 Å². The summed E-state index contributed by atoms with van der Waals surface area (Å²) in [7, 11) is -2.21. The smallest absolute Gasteiger partial charge is 0.244 e. The lowest BCUT2D eigenvalue weighted by Gasteiger charge is -2.33. The minimum atomic E-state index is -3.76. The van der Waals surface area contributed by atoms with E-state index in [0.29, 0.717) is 29.5 Å². The van der Waals surface area contributed by atoms with Gasteiger partial charge in [0.1, 0.15) is 10.6 Å². The largest absolute Gasteiger partial charge is 0.495 e. The van der Waals surface area contributed by atoms with Crippen molar-refractivity contribution in [3.63, 3.8) is 0 Å². The van der Waals surface area contributed by atoms with Crippen LogP contribution in [0.4, 0.5) is 5.69 Å². The Labute approximate surface area is 186 Å². The standard InChI is InChI=1S/C20H23Cl2N3O4S/c1-14-3-6-18(29-2)17(11-14)23-20(26)13-24-7-9-25(10-8-24)30(27,28)19-12-15(21)4-5-16(19)22/h3-6,11-12H,7-10,13H2,1-2H3,(H,23,26). The molecule has 1 N–H and O–H groups in total. The summed E-state index contributed by atoms with van der Waals surface area (Å²) in [6, 6.07) is 9.92. The number of carbonyl (C=O) groups excluding carboxylic acids is 1. The monoisotopic (exact) mass is 471 g/mol. The zero-order chi connectivity index (χ0) is 21.9. The molecule has 162 valence electrons. The van der Waals surface area contributed by atoms with E-state index in [2.05, 4.69) is 5.32 Å². The van der Waals surface area contributed by atoms with Gasteiger partial charge in [0.25, 0.3) is 0 Å². The molecule has 1 aliphatic heterocycles. The Balaban J connectivity index is 1.60. The number of nitrogens with one attached hydrogen (secondary N) is 1. The van der Waals surface area contributed by atoms with Crippen molar-refractivity contribution in [2.45, 2.75) is 11.8 Å². The predicted molar refractivity (Wildman–Crippen MR) is 118 cm³/mol. The molecule has 0 aromatic heterocycles. The van der Waals surface area contributed by atoms with Crippen LogP contribution in [-0.4, -0.2) is 63.4 Å². The van der Waals surface area contributed by atoms with E-state index < -0.39 is 10.0 Å². The molecule has 0 unspecified atom stereocenters. The Morgan fingerprint density at radius 3 is 2.47 bits per heavy atom. The average Bonchev–Trinajstić information content (AvgIpc) is 2.70. The van der Waals surface area contributed by atoms with E-state index in [1.165, 1.54) is 16.4 Å². The summed E-state index contributed by atoms with van der Waals surface area (Å²) in [5.41, 5.74) is 1.61. The number of hydrogen-bond acceptors (Lipinski definition) is 5. The van der Waals surface area contributed by atoms with Gasteiger partial charge < -0.3 is 10.1 Å². The fraction of sp³-hybridized carbons (Fsp3) is 0.350. The number of ether oxygens (including phenoxy) is 1. The third kappa shape index (κ3) is 5.25. The van der Waals surface area contributed by atoms with Crippen LogP contribution < -0.4 is 10.1 Å². The fourth-order valence-electron chi connectivity index (χ4n) is 3.25. The van der Waals surface area contributed by atoms with Crippen molar-refractivity contribution in [3.05, 3.63) is 52.0 Å². The van der Waals surface area contributed by atoms with Crippen LogP contribution >= 0.6 is 23.2 Å². The van der Waals surface area contributed by atoms with Crippen LogP contribution in [0.3, 0.4) is 0 Å². The van der Waals surface area contributed by atoms with E-state index >= 15 is 0 Å². The minimum absolute atomic E-state index is 0.00518. The molecule has 0 spiro atoms. The van der Waals surface area contributed by atoms with Gasteiger partial charge in [-0.2, -0.15) is 4.31 Å². The predicted octanol–water partition coefficient (Wildman–Crippen LogP) is 3.26. The lowest BCUT2D eigenvalue weighted by Crippen LogP contribution is -2.50. The Morgan fingerprint density at radius 1 is 1.10 bits per heavy atom. The molecule has 0 atom stereocenters.